The van der Waals surface area contributed by atoms with Gasteiger partial charge in [0.25, 0.3) is 0 Å². The van der Waals surface area contributed by atoms with Crippen LogP contribution in [0.25, 0.3) is 100 Å². The molecule has 4 aromatic heterocycles. The Kier molecular flexibility index (Phi) is 8.47. The lowest BCUT2D eigenvalue weighted by Gasteiger charge is -2.15. The minimum absolute atomic E-state index is 0.811. The third kappa shape index (κ3) is 6.29. The summed E-state index contributed by atoms with van der Waals surface area (Å²) < 4.78 is 0. The van der Waals surface area contributed by atoms with Crippen LogP contribution in [0, 0.1) is 0 Å². The lowest BCUT2D eigenvalue weighted by Crippen LogP contribution is -1.94. The van der Waals surface area contributed by atoms with Crippen molar-refractivity contribution in [2.45, 2.75) is 0 Å². The molecule has 0 amide bonds. The average Bonchev–Trinajstić information content (AvgIpc) is 3.29. The van der Waals surface area contributed by atoms with Gasteiger partial charge < -0.3 is 0 Å². The van der Waals surface area contributed by atoms with Gasteiger partial charge in [0.05, 0.1) is 34.0 Å². The molecular weight excluding hydrogens is 681 g/mol. The minimum atomic E-state index is 0.811. The summed E-state index contributed by atoms with van der Waals surface area (Å²) in [7, 11) is 0. The molecule has 0 unspecified atom stereocenters. The fraction of sp³-hybridized carbons (Fsp3) is 0. The summed E-state index contributed by atoms with van der Waals surface area (Å²) in [6.07, 6.45) is 3.60. The van der Waals surface area contributed by atoms with Crippen molar-refractivity contribution in [3.63, 3.8) is 0 Å². The number of rotatable bonds is 7. The summed E-state index contributed by atoms with van der Waals surface area (Å²) in [6, 6.07) is 68.0. The van der Waals surface area contributed by atoms with Crippen molar-refractivity contribution >= 4 is 21.7 Å². The van der Waals surface area contributed by atoms with E-state index in [9.17, 15) is 0 Å². The standard InChI is InChI=1S/C52H34N4/c1-3-13-37(14-4-1)43-19-12-20-45-51(43)44-28-27-41(32-48(44)56-52(45)38-15-5-2-6-16-38)40-18-11-17-39(31-40)35-23-25-36(26-24-35)42-33-49(46-21-7-9-29-53-46)55-50(34-42)47-22-8-10-30-54-47/h1-34H. The predicted octanol–water partition coefficient (Wildman–Crippen LogP) is 13.2. The van der Waals surface area contributed by atoms with Crippen LogP contribution in [0.1, 0.15) is 0 Å². The summed E-state index contributed by atoms with van der Waals surface area (Å²) in [5.74, 6) is 0. The Labute approximate surface area is 325 Å². The first-order chi connectivity index (χ1) is 27.7. The molecular formula is C52H34N4. The van der Waals surface area contributed by atoms with Crippen molar-refractivity contribution < 1.29 is 0 Å². The maximum absolute atomic E-state index is 5.35. The average molecular weight is 715 g/mol. The van der Waals surface area contributed by atoms with E-state index >= 15 is 0 Å². The molecule has 0 bridgehead atoms. The van der Waals surface area contributed by atoms with Crippen LogP contribution in [0.15, 0.2) is 207 Å². The van der Waals surface area contributed by atoms with Gasteiger partial charge in [-0.25, -0.2) is 9.97 Å². The van der Waals surface area contributed by atoms with Crippen LogP contribution < -0.4 is 0 Å². The topological polar surface area (TPSA) is 51.6 Å². The molecule has 0 aliphatic rings. The van der Waals surface area contributed by atoms with Gasteiger partial charge >= 0.3 is 0 Å². The van der Waals surface area contributed by atoms with Crippen LogP contribution in [-0.4, -0.2) is 19.9 Å². The highest BCUT2D eigenvalue weighted by atomic mass is 14.8. The number of hydrogen-bond acceptors (Lipinski definition) is 4. The van der Waals surface area contributed by atoms with Crippen molar-refractivity contribution in [2.75, 3.05) is 0 Å². The zero-order valence-electron chi connectivity index (χ0n) is 30.4. The maximum Gasteiger partial charge on any atom is 0.0900 e. The van der Waals surface area contributed by atoms with Gasteiger partial charge in [0.1, 0.15) is 0 Å². The van der Waals surface area contributed by atoms with E-state index in [1.165, 1.54) is 16.5 Å². The zero-order valence-corrected chi connectivity index (χ0v) is 30.4. The molecule has 0 fully saturated rings. The highest BCUT2D eigenvalue weighted by molar-refractivity contribution is 6.17. The van der Waals surface area contributed by atoms with E-state index in [0.717, 1.165) is 83.7 Å². The predicted molar refractivity (Wildman–Crippen MR) is 231 cm³/mol. The molecule has 6 aromatic carbocycles. The second-order valence-electron chi connectivity index (χ2n) is 13.9. The van der Waals surface area contributed by atoms with E-state index in [4.69, 9.17) is 9.97 Å². The Morgan fingerprint density at radius 2 is 0.821 bits per heavy atom. The van der Waals surface area contributed by atoms with Gasteiger partial charge in [-0.15, -0.1) is 0 Å². The normalized spacial score (nSPS) is 11.2. The minimum Gasteiger partial charge on any atom is -0.255 e. The lowest BCUT2D eigenvalue weighted by atomic mass is 9.91. The van der Waals surface area contributed by atoms with Crippen molar-refractivity contribution in [1.82, 2.24) is 19.9 Å². The Morgan fingerprint density at radius 3 is 1.46 bits per heavy atom. The highest BCUT2D eigenvalue weighted by Crippen LogP contribution is 2.40. The van der Waals surface area contributed by atoms with Gasteiger partial charge in [-0.2, -0.15) is 0 Å². The molecule has 10 rings (SSSR count). The molecule has 262 valence electrons. The highest BCUT2D eigenvalue weighted by Gasteiger charge is 2.16. The van der Waals surface area contributed by atoms with E-state index in [1.807, 2.05) is 36.4 Å². The number of hydrogen-bond donors (Lipinski definition) is 0. The summed E-state index contributed by atoms with van der Waals surface area (Å²) >= 11 is 0. The molecule has 0 spiro atoms. The van der Waals surface area contributed by atoms with Crippen molar-refractivity contribution in [1.29, 1.82) is 0 Å². The van der Waals surface area contributed by atoms with Gasteiger partial charge in [-0.3, -0.25) is 9.97 Å². The molecule has 0 atom stereocenters. The van der Waals surface area contributed by atoms with E-state index in [1.54, 1.807) is 12.4 Å². The van der Waals surface area contributed by atoms with Gasteiger partial charge in [0.15, 0.2) is 0 Å². The molecule has 56 heavy (non-hydrogen) atoms. The lowest BCUT2D eigenvalue weighted by molar-refractivity contribution is 1.22. The molecule has 4 heteroatoms. The Hall–Kier alpha value is -7.56. The largest absolute Gasteiger partial charge is 0.255 e. The molecule has 0 saturated heterocycles. The fourth-order valence-electron chi connectivity index (χ4n) is 7.63. The van der Waals surface area contributed by atoms with Gasteiger partial charge in [-0.05, 0) is 93.0 Å². The van der Waals surface area contributed by atoms with Crippen LogP contribution in [0.4, 0.5) is 0 Å². The number of fused-ring (bicyclic) bond motifs is 3. The molecule has 0 aliphatic heterocycles. The molecule has 0 aliphatic carbocycles. The first kappa shape index (κ1) is 33.0. The van der Waals surface area contributed by atoms with E-state index < -0.39 is 0 Å². The van der Waals surface area contributed by atoms with Crippen LogP contribution >= 0.6 is 0 Å². The quantitative estimate of drug-likeness (QED) is 0.154. The molecule has 4 nitrogen and oxygen atoms in total. The molecule has 4 heterocycles. The van der Waals surface area contributed by atoms with Gasteiger partial charge in [-0.1, -0.05) is 146 Å². The molecule has 0 radical (unpaired) electrons. The second-order valence-corrected chi connectivity index (χ2v) is 13.9. The van der Waals surface area contributed by atoms with Crippen molar-refractivity contribution in [2.24, 2.45) is 0 Å². The second kappa shape index (κ2) is 14.3. The summed E-state index contributed by atoms with van der Waals surface area (Å²) in [5, 5.41) is 3.51. The number of pyridine rings is 4. The van der Waals surface area contributed by atoms with Crippen LogP contribution in [0.3, 0.4) is 0 Å². The first-order valence-electron chi connectivity index (χ1n) is 18.8. The third-order valence-corrected chi connectivity index (χ3v) is 10.4. The SMILES string of the molecule is c1ccc(-c2nc3cc(-c4cccc(-c5ccc(-c6cc(-c7ccccn7)nc(-c7ccccn7)c6)cc5)c4)ccc3c3c(-c4ccccc4)cccc23)cc1. The van der Waals surface area contributed by atoms with Crippen LogP contribution in [0.5, 0.6) is 0 Å². The fourth-order valence-corrected chi connectivity index (χ4v) is 7.63. The van der Waals surface area contributed by atoms with Crippen molar-refractivity contribution in [3.8, 4) is 78.5 Å². The molecule has 0 N–H and O–H groups in total. The maximum atomic E-state index is 5.35. The van der Waals surface area contributed by atoms with Crippen LogP contribution in [-0.2, 0) is 0 Å². The van der Waals surface area contributed by atoms with Gasteiger partial charge in [0, 0.05) is 34.1 Å². The monoisotopic (exact) mass is 714 g/mol. The Bertz CT molecular complexity index is 2930. The molecule has 10 aromatic rings. The first-order valence-corrected chi connectivity index (χ1v) is 18.8. The number of benzene rings is 6. The summed E-state index contributed by atoms with van der Waals surface area (Å²) in [5.41, 5.74) is 15.4. The van der Waals surface area contributed by atoms with E-state index in [0.29, 0.717) is 0 Å². The van der Waals surface area contributed by atoms with E-state index in [2.05, 4.69) is 168 Å². The Morgan fingerprint density at radius 1 is 0.286 bits per heavy atom. The summed E-state index contributed by atoms with van der Waals surface area (Å²) in [6.45, 7) is 0. The number of nitrogens with zero attached hydrogens (tertiary/aromatic N) is 4. The smallest absolute Gasteiger partial charge is 0.0900 e. The van der Waals surface area contributed by atoms with Gasteiger partial charge in [0.2, 0.25) is 0 Å². The number of aromatic nitrogens is 4. The summed E-state index contributed by atoms with van der Waals surface area (Å²) in [4.78, 5) is 19.5. The van der Waals surface area contributed by atoms with Crippen LogP contribution in [0.2, 0.25) is 0 Å². The zero-order chi connectivity index (χ0) is 37.3. The molecule has 0 saturated carbocycles. The third-order valence-electron chi connectivity index (χ3n) is 10.4. The van der Waals surface area contributed by atoms with E-state index in [-0.39, 0.29) is 0 Å². The van der Waals surface area contributed by atoms with Crippen molar-refractivity contribution in [3.05, 3.63) is 207 Å². The Balaban J connectivity index is 1.03.